The summed E-state index contributed by atoms with van der Waals surface area (Å²) in [6.07, 6.45) is -2.26. The summed E-state index contributed by atoms with van der Waals surface area (Å²) in [5.41, 5.74) is -2.74. The van der Waals surface area contributed by atoms with Crippen molar-refractivity contribution in [3.05, 3.63) is 69.9 Å². The Balaban J connectivity index is 1.57. The lowest BCUT2D eigenvalue weighted by Gasteiger charge is -2.49. The van der Waals surface area contributed by atoms with Gasteiger partial charge in [0, 0.05) is 36.4 Å². The van der Waals surface area contributed by atoms with Gasteiger partial charge in [-0.05, 0) is 53.6 Å². The van der Waals surface area contributed by atoms with Gasteiger partial charge in [-0.25, -0.2) is 13.2 Å². The summed E-state index contributed by atoms with van der Waals surface area (Å²) >= 11 is 3.19. The first-order valence-electron chi connectivity index (χ1n) is 10.7. The molecule has 0 bridgehead atoms. The van der Waals surface area contributed by atoms with Gasteiger partial charge in [-0.1, -0.05) is 40.2 Å². The number of hydrogen-bond acceptors (Lipinski definition) is 3. The molecule has 2 atom stereocenters. The van der Waals surface area contributed by atoms with Crippen LogP contribution in [0.15, 0.2) is 53.0 Å². The van der Waals surface area contributed by atoms with E-state index < -0.39 is 23.3 Å². The van der Waals surface area contributed by atoms with E-state index in [4.69, 9.17) is 0 Å². The van der Waals surface area contributed by atoms with E-state index in [1.807, 2.05) is 0 Å². The fourth-order valence-corrected chi connectivity index (χ4v) is 5.49. The summed E-state index contributed by atoms with van der Waals surface area (Å²) in [5.74, 6) is -1.60. The summed E-state index contributed by atoms with van der Waals surface area (Å²) in [5, 5.41) is 13.7. The van der Waals surface area contributed by atoms with Crippen molar-refractivity contribution in [1.29, 1.82) is 0 Å². The minimum atomic E-state index is -3.32. The van der Waals surface area contributed by atoms with Crippen molar-refractivity contribution >= 4 is 27.7 Å². The number of benzene rings is 2. The predicted octanol–water partition coefficient (Wildman–Crippen LogP) is 3.95. The molecule has 2 saturated heterocycles. The minimum absolute atomic E-state index is 0.0906. The minimum Gasteiger partial charge on any atom is -0.371 e. The van der Waals surface area contributed by atoms with E-state index in [0.29, 0.717) is 23.9 Å². The van der Waals surface area contributed by atoms with Crippen LogP contribution in [0, 0.1) is 11.2 Å². The van der Waals surface area contributed by atoms with Gasteiger partial charge in [-0.3, -0.25) is 9.59 Å². The van der Waals surface area contributed by atoms with E-state index in [9.17, 15) is 27.9 Å². The highest BCUT2D eigenvalue weighted by Crippen LogP contribution is 2.49. The van der Waals surface area contributed by atoms with Gasteiger partial charge in [0.15, 0.2) is 0 Å². The highest BCUT2D eigenvalue weighted by molar-refractivity contribution is 9.10. The number of aliphatic hydroxyl groups is 1. The van der Waals surface area contributed by atoms with Gasteiger partial charge in [0.2, 0.25) is 11.5 Å². The zero-order chi connectivity index (χ0) is 23.8. The van der Waals surface area contributed by atoms with Crippen molar-refractivity contribution in [3.63, 3.8) is 0 Å². The summed E-state index contributed by atoms with van der Waals surface area (Å²) in [7, 11) is 0. The molecule has 176 valence electrons. The number of carbonyl (C=O) groups is 2. The van der Waals surface area contributed by atoms with Crippen LogP contribution in [-0.2, 0) is 15.2 Å². The van der Waals surface area contributed by atoms with Gasteiger partial charge in [0.25, 0.3) is 12.3 Å². The van der Waals surface area contributed by atoms with Crippen LogP contribution in [-0.4, -0.2) is 47.9 Å². The standard InChI is InChI=1S/C24H24BrF3N2O3/c25-17-3-1-2-16(12-17)24(33,21(27)28)22(32)30-10-8-23(9-11-30)13-20(31)29-14-19(23)15-4-6-18(26)7-5-15/h1-7,12,19,21,33H,8-11,13-14H2,(H,29,31)/t19-,24+/m0/s1. The monoisotopic (exact) mass is 524 g/mol. The highest BCUT2D eigenvalue weighted by Gasteiger charge is 2.52. The Morgan fingerprint density at radius 3 is 2.45 bits per heavy atom. The maximum absolute atomic E-state index is 14.0. The summed E-state index contributed by atoms with van der Waals surface area (Å²) in [6, 6.07) is 11.9. The van der Waals surface area contributed by atoms with Gasteiger partial charge in [-0.2, -0.15) is 0 Å². The number of carbonyl (C=O) groups excluding carboxylic acids is 2. The average Bonchev–Trinajstić information content (AvgIpc) is 2.79. The highest BCUT2D eigenvalue weighted by atomic mass is 79.9. The number of alkyl halides is 2. The van der Waals surface area contributed by atoms with Crippen LogP contribution in [0.2, 0.25) is 0 Å². The van der Waals surface area contributed by atoms with E-state index in [1.165, 1.54) is 35.2 Å². The van der Waals surface area contributed by atoms with Crippen molar-refractivity contribution in [2.45, 2.75) is 37.2 Å². The topological polar surface area (TPSA) is 69.6 Å². The lowest BCUT2D eigenvalue weighted by molar-refractivity contribution is -0.174. The molecule has 0 aromatic heterocycles. The molecule has 2 N–H and O–H groups in total. The SMILES string of the molecule is O=C1CC2(CCN(C(=O)[C@@](O)(c3cccc(Br)c3)C(F)F)CC2)[C@H](c2ccc(F)cc2)CN1. The van der Waals surface area contributed by atoms with E-state index >= 15 is 0 Å². The molecule has 5 nitrogen and oxygen atoms in total. The van der Waals surface area contributed by atoms with Crippen LogP contribution in [0.1, 0.15) is 36.3 Å². The fraction of sp³-hybridized carbons (Fsp3) is 0.417. The third kappa shape index (κ3) is 4.40. The third-order valence-electron chi connectivity index (χ3n) is 6.98. The molecule has 4 rings (SSSR count). The number of rotatable bonds is 4. The molecule has 1 spiro atoms. The lowest BCUT2D eigenvalue weighted by atomic mass is 9.62. The van der Waals surface area contributed by atoms with Crippen LogP contribution >= 0.6 is 15.9 Å². The van der Waals surface area contributed by atoms with Crippen molar-refractivity contribution in [2.24, 2.45) is 5.41 Å². The second kappa shape index (κ2) is 9.10. The van der Waals surface area contributed by atoms with Gasteiger partial charge < -0.3 is 15.3 Å². The van der Waals surface area contributed by atoms with Crippen molar-refractivity contribution in [3.8, 4) is 0 Å². The molecule has 2 aromatic rings. The number of nitrogens with one attached hydrogen (secondary N) is 1. The molecule has 0 radical (unpaired) electrons. The largest absolute Gasteiger partial charge is 0.371 e. The molecule has 2 aliphatic rings. The van der Waals surface area contributed by atoms with Crippen LogP contribution in [0.4, 0.5) is 13.2 Å². The molecular weight excluding hydrogens is 501 g/mol. The first-order chi connectivity index (χ1) is 15.7. The summed E-state index contributed by atoms with van der Waals surface area (Å²) < 4.78 is 42.0. The fourth-order valence-electron chi connectivity index (χ4n) is 5.09. The number of piperidine rings is 2. The second-order valence-corrected chi connectivity index (χ2v) is 9.73. The Bertz CT molecular complexity index is 1040. The molecule has 2 aliphatic heterocycles. The Morgan fingerprint density at radius 1 is 1.18 bits per heavy atom. The second-order valence-electron chi connectivity index (χ2n) is 8.82. The molecule has 9 heteroatoms. The predicted molar refractivity (Wildman–Crippen MR) is 119 cm³/mol. The molecule has 2 amide bonds. The van der Waals surface area contributed by atoms with E-state index in [2.05, 4.69) is 21.2 Å². The van der Waals surface area contributed by atoms with Crippen LogP contribution in [0.3, 0.4) is 0 Å². The van der Waals surface area contributed by atoms with Gasteiger partial charge in [-0.15, -0.1) is 0 Å². The number of nitrogens with zero attached hydrogens (tertiary/aromatic N) is 1. The third-order valence-corrected chi connectivity index (χ3v) is 7.47. The van der Waals surface area contributed by atoms with Crippen LogP contribution in [0.5, 0.6) is 0 Å². The number of hydrogen-bond donors (Lipinski definition) is 2. The molecule has 2 heterocycles. The Hall–Kier alpha value is -2.39. The first-order valence-corrected chi connectivity index (χ1v) is 11.5. The van der Waals surface area contributed by atoms with Gasteiger partial charge >= 0.3 is 0 Å². The number of halogens is 4. The molecular formula is C24H24BrF3N2O3. The molecule has 2 aromatic carbocycles. The molecule has 0 saturated carbocycles. The Labute approximate surface area is 198 Å². The molecule has 0 unspecified atom stereocenters. The van der Waals surface area contributed by atoms with Crippen molar-refractivity contribution in [1.82, 2.24) is 10.2 Å². The average molecular weight is 525 g/mol. The molecule has 0 aliphatic carbocycles. The van der Waals surface area contributed by atoms with Crippen LogP contribution < -0.4 is 5.32 Å². The quantitative estimate of drug-likeness (QED) is 0.636. The maximum Gasteiger partial charge on any atom is 0.280 e. The van der Waals surface area contributed by atoms with E-state index in [-0.39, 0.29) is 42.7 Å². The van der Waals surface area contributed by atoms with Gasteiger partial charge in [0.1, 0.15) is 5.82 Å². The van der Waals surface area contributed by atoms with Crippen molar-refractivity contribution < 1.29 is 27.9 Å². The van der Waals surface area contributed by atoms with Crippen LogP contribution in [0.25, 0.3) is 0 Å². The zero-order valence-corrected chi connectivity index (χ0v) is 19.3. The summed E-state index contributed by atoms with van der Waals surface area (Å²) in [4.78, 5) is 26.7. The first kappa shape index (κ1) is 23.8. The lowest BCUT2D eigenvalue weighted by Crippen LogP contribution is -2.57. The Kier molecular flexibility index (Phi) is 6.55. The number of likely N-dealkylation sites (tertiary alicyclic amines) is 1. The smallest absolute Gasteiger partial charge is 0.280 e. The molecule has 2 fully saturated rings. The van der Waals surface area contributed by atoms with Crippen molar-refractivity contribution in [2.75, 3.05) is 19.6 Å². The normalized spacial score (nSPS) is 22.2. The van der Waals surface area contributed by atoms with Gasteiger partial charge in [0.05, 0.1) is 0 Å². The van der Waals surface area contributed by atoms with E-state index in [1.54, 1.807) is 18.2 Å². The number of amides is 2. The Morgan fingerprint density at radius 2 is 1.85 bits per heavy atom. The van der Waals surface area contributed by atoms with E-state index in [0.717, 1.165) is 5.56 Å². The molecule has 33 heavy (non-hydrogen) atoms. The summed E-state index contributed by atoms with van der Waals surface area (Å²) in [6.45, 7) is 0.650. The zero-order valence-electron chi connectivity index (χ0n) is 17.7. The maximum atomic E-state index is 14.0.